The Kier molecular flexibility index (Phi) is 10.8. The van der Waals surface area contributed by atoms with Crippen LogP contribution in [-0.4, -0.2) is 42.7 Å². The van der Waals surface area contributed by atoms with Gasteiger partial charge in [0, 0.05) is 0 Å². The molecule has 0 N–H and O–H groups in total. The van der Waals surface area contributed by atoms with Gasteiger partial charge in [-0.25, -0.2) is 0 Å². The van der Waals surface area contributed by atoms with Crippen molar-refractivity contribution in [2.45, 2.75) is 9.49 Å². The van der Waals surface area contributed by atoms with Crippen LogP contribution >= 0.6 is 11.8 Å². The Morgan fingerprint density at radius 2 is 0.392 bits per heavy atom. The van der Waals surface area contributed by atoms with Crippen molar-refractivity contribution >= 4 is 11.8 Å². The molecule has 0 radical (unpaired) electrons. The molecule has 0 aliphatic heterocycles. The van der Waals surface area contributed by atoms with Crippen molar-refractivity contribution in [3.8, 4) is 34.5 Å². The smallest absolute Gasteiger partial charge is 0.118 e. The lowest BCUT2D eigenvalue weighted by molar-refractivity contribution is 0.414. The average Bonchev–Trinajstić information content (AvgIpc) is 3.22. The highest BCUT2D eigenvalue weighted by Crippen LogP contribution is 2.61. The van der Waals surface area contributed by atoms with Crippen LogP contribution in [0.3, 0.4) is 0 Å². The fourth-order valence-electron chi connectivity index (χ4n) is 6.54. The van der Waals surface area contributed by atoms with E-state index in [1.807, 2.05) is 84.6 Å². The molecular formula is C44H42O6S. The highest BCUT2D eigenvalue weighted by atomic mass is 32.2. The van der Waals surface area contributed by atoms with E-state index in [1.165, 1.54) is 0 Å². The fraction of sp³-hybridized carbons (Fsp3) is 0.182. The zero-order valence-electron chi connectivity index (χ0n) is 29.7. The minimum absolute atomic E-state index is 0.772. The van der Waals surface area contributed by atoms with Crippen LogP contribution in [0.1, 0.15) is 33.4 Å². The molecule has 0 saturated heterocycles. The Bertz CT molecular complexity index is 1610. The van der Waals surface area contributed by atoms with Gasteiger partial charge in [0.15, 0.2) is 0 Å². The van der Waals surface area contributed by atoms with E-state index in [0.29, 0.717) is 0 Å². The summed E-state index contributed by atoms with van der Waals surface area (Å²) >= 11 is 1.84. The van der Waals surface area contributed by atoms with Gasteiger partial charge in [0.25, 0.3) is 0 Å². The van der Waals surface area contributed by atoms with E-state index in [-0.39, 0.29) is 0 Å². The van der Waals surface area contributed by atoms with E-state index in [1.54, 1.807) is 42.7 Å². The van der Waals surface area contributed by atoms with Crippen molar-refractivity contribution in [3.63, 3.8) is 0 Å². The van der Waals surface area contributed by atoms with Crippen LogP contribution in [0.4, 0.5) is 0 Å². The first-order valence-electron chi connectivity index (χ1n) is 16.5. The van der Waals surface area contributed by atoms with Crippen molar-refractivity contribution in [3.05, 3.63) is 179 Å². The minimum atomic E-state index is -0.815. The summed E-state index contributed by atoms with van der Waals surface area (Å²) in [5, 5.41) is 0. The van der Waals surface area contributed by atoms with Crippen LogP contribution in [0.15, 0.2) is 146 Å². The van der Waals surface area contributed by atoms with Gasteiger partial charge in [-0.3, -0.25) is 0 Å². The summed E-state index contributed by atoms with van der Waals surface area (Å²) in [6.45, 7) is 0. The molecule has 0 amide bonds. The summed E-state index contributed by atoms with van der Waals surface area (Å²) in [4.78, 5) is 0. The number of hydrogen-bond acceptors (Lipinski definition) is 7. The van der Waals surface area contributed by atoms with E-state index in [9.17, 15) is 0 Å². The largest absolute Gasteiger partial charge is 0.497 e. The Balaban J connectivity index is 1.77. The SMILES string of the molecule is COc1ccc(C(SC(c2ccc(OC)cc2)(c2ccc(OC)cc2)c2ccc(OC)cc2)(c2ccc(OC)cc2)c2ccc(OC)cc2)cc1. The van der Waals surface area contributed by atoms with Gasteiger partial charge in [0.1, 0.15) is 34.5 Å². The van der Waals surface area contributed by atoms with Gasteiger partial charge < -0.3 is 28.4 Å². The highest BCUT2D eigenvalue weighted by Gasteiger charge is 2.49. The molecule has 0 spiro atoms. The lowest BCUT2D eigenvalue weighted by Crippen LogP contribution is -2.36. The number of ether oxygens (including phenoxy) is 6. The Morgan fingerprint density at radius 1 is 0.255 bits per heavy atom. The van der Waals surface area contributed by atoms with Gasteiger partial charge in [0.2, 0.25) is 0 Å². The molecule has 0 aliphatic rings. The number of benzene rings is 6. The maximum absolute atomic E-state index is 5.65. The third-order valence-corrected chi connectivity index (χ3v) is 11.3. The third-order valence-electron chi connectivity index (χ3n) is 9.29. The summed E-state index contributed by atoms with van der Waals surface area (Å²) in [5.41, 5.74) is 6.35. The molecule has 7 heteroatoms. The van der Waals surface area contributed by atoms with Gasteiger partial charge in [-0.15, -0.1) is 11.8 Å². The molecule has 6 rings (SSSR count). The molecule has 6 aromatic carbocycles. The summed E-state index contributed by atoms with van der Waals surface area (Å²) in [6.07, 6.45) is 0. The van der Waals surface area contributed by atoms with Gasteiger partial charge >= 0.3 is 0 Å². The molecule has 51 heavy (non-hydrogen) atoms. The van der Waals surface area contributed by atoms with Gasteiger partial charge in [0.05, 0.1) is 52.2 Å². The second-order valence-corrected chi connectivity index (χ2v) is 13.3. The quantitative estimate of drug-likeness (QED) is 0.105. The maximum Gasteiger partial charge on any atom is 0.118 e. The van der Waals surface area contributed by atoms with Crippen molar-refractivity contribution in [1.29, 1.82) is 0 Å². The Morgan fingerprint density at radius 3 is 0.510 bits per heavy atom. The Hall–Kier alpha value is -5.53. The van der Waals surface area contributed by atoms with Gasteiger partial charge in [-0.1, -0.05) is 72.8 Å². The first-order chi connectivity index (χ1) is 24.9. The minimum Gasteiger partial charge on any atom is -0.497 e. The zero-order valence-corrected chi connectivity index (χ0v) is 30.5. The van der Waals surface area contributed by atoms with E-state index in [0.717, 1.165) is 67.9 Å². The standard InChI is InChI=1S/C44H42O6S/c1-45-37-19-7-31(8-20-37)43(32-9-21-38(46-2)22-10-32,33-11-23-39(47-3)24-12-33)51-44(34-13-25-40(48-4)26-14-34,35-15-27-41(49-5)28-16-35)36-17-29-42(50-6)30-18-36/h7-30H,1-6H3. The normalized spacial score (nSPS) is 11.4. The van der Waals surface area contributed by atoms with Crippen LogP contribution in [0.2, 0.25) is 0 Å². The van der Waals surface area contributed by atoms with E-state index < -0.39 is 9.49 Å². The zero-order chi connectivity index (χ0) is 35.8. The second-order valence-electron chi connectivity index (χ2n) is 11.8. The van der Waals surface area contributed by atoms with Crippen molar-refractivity contribution in [1.82, 2.24) is 0 Å². The molecule has 6 aromatic rings. The van der Waals surface area contributed by atoms with Crippen LogP contribution < -0.4 is 28.4 Å². The maximum atomic E-state index is 5.65. The molecule has 0 fully saturated rings. The number of rotatable bonds is 14. The monoisotopic (exact) mass is 698 g/mol. The van der Waals surface area contributed by atoms with Gasteiger partial charge in [-0.2, -0.15) is 0 Å². The number of methoxy groups -OCH3 is 6. The lowest BCUT2D eigenvalue weighted by atomic mass is 9.82. The molecule has 0 saturated carbocycles. The van der Waals surface area contributed by atoms with Crippen molar-refractivity contribution in [2.24, 2.45) is 0 Å². The summed E-state index contributed by atoms with van der Waals surface area (Å²) in [7, 11) is 10.1. The number of hydrogen-bond donors (Lipinski definition) is 0. The van der Waals surface area contributed by atoms with E-state index in [2.05, 4.69) is 72.8 Å². The first kappa shape index (κ1) is 35.3. The first-order valence-corrected chi connectivity index (χ1v) is 17.3. The van der Waals surface area contributed by atoms with E-state index in [4.69, 9.17) is 28.4 Å². The molecule has 0 bridgehead atoms. The van der Waals surface area contributed by atoms with Crippen LogP contribution in [0.25, 0.3) is 0 Å². The number of thioether (sulfide) groups is 1. The fourth-order valence-corrected chi connectivity index (χ4v) is 8.52. The predicted molar refractivity (Wildman–Crippen MR) is 205 cm³/mol. The van der Waals surface area contributed by atoms with Crippen LogP contribution in [0, 0.1) is 0 Å². The van der Waals surface area contributed by atoms with Crippen molar-refractivity contribution < 1.29 is 28.4 Å². The second kappa shape index (κ2) is 15.6. The highest BCUT2D eigenvalue weighted by molar-refractivity contribution is 8.02. The molecular weight excluding hydrogens is 657 g/mol. The molecule has 0 unspecified atom stereocenters. The van der Waals surface area contributed by atoms with Crippen LogP contribution in [0.5, 0.6) is 34.5 Å². The Labute approximate surface area is 304 Å². The molecule has 260 valence electrons. The summed E-state index contributed by atoms with van der Waals surface area (Å²) in [6, 6.07) is 50.1. The average molecular weight is 699 g/mol. The third kappa shape index (κ3) is 6.82. The predicted octanol–water partition coefficient (Wildman–Crippen LogP) is 9.76. The van der Waals surface area contributed by atoms with Crippen molar-refractivity contribution in [2.75, 3.05) is 42.7 Å². The lowest BCUT2D eigenvalue weighted by Gasteiger charge is -2.45. The molecule has 0 atom stereocenters. The molecule has 6 nitrogen and oxygen atoms in total. The van der Waals surface area contributed by atoms with E-state index >= 15 is 0 Å². The molecule has 0 heterocycles. The topological polar surface area (TPSA) is 55.4 Å². The van der Waals surface area contributed by atoms with Gasteiger partial charge in [-0.05, 0) is 106 Å². The molecule has 0 aromatic heterocycles. The summed E-state index contributed by atoms with van der Waals surface area (Å²) in [5.74, 6) is 4.63. The summed E-state index contributed by atoms with van der Waals surface area (Å²) < 4.78 is 32.3. The molecule has 0 aliphatic carbocycles. The van der Waals surface area contributed by atoms with Crippen LogP contribution in [-0.2, 0) is 9.49 Å².